The normalized spacial score (nSPS) is 26.9. The predicted octanol–water partition coefficient (Wildman–Crippen LogP) is -0.424. The quantitative estimate of drug-likeness (QED) is 0.614. The van der Waals surface area contributed by atoms with Crippen LogP contribution in [0.1, 0.15) is 26.7 Å². The summed E-state index contributed by atoms with van der Waals surface area (Å²) < 4.78 is 0. The summed E-state index contributed by atoms with van der Waals surface area (Å²) in [5, 5.41) is 21.7. The number of nitrogens with zero attached hydrogens (tertiary/aromatic N) is 1. The van der Waals surface area contributed by atoms with Crippen molar-refractivity contribution in [2.75, 3.05) is 26.2 Å². The summed E-state index contributed by atoms with van der Waals surface area (Å²) >= 11 is 0. The van der Waals surface area contributed by atoms with Gasteiger partial charge in [-0.2, -0.15) is 0 Å². The molecule has 0 aliphatic carbocycles. The number of carbonyl (C=O) groups is 1. The van der Waals surface area contributed by atoms with Crippen LogP contribution in [0.5, 0.6) is 0 Å². The topological polar surface area (TPSA) is 72.8 Å². The zero-order chi connectivity index (χ0) is 12.8. The third kappa shape index (κ3) is 4.26. The Bertz CT molecular complexity index is 246. The van der Waals surface area contributed by atoms with Gasteiger partial charge in [-0.15, -0.1) is 0 Å². The van der Waals surface area contributed by atoms with E-state index in [1.54, 1.807) is 6.92 Å². The second-order valence-corrected chi connectivity index (χ2v) is 4.76. The van der Waals surface area contributed by atoms with Crippen molar-refractivity contribution in [3.05, 3.63) is 0 Å². The van der Waals surface area contributed by atoms with Gasteiger partial charge >= 0.3 is 0 Å². The van der Waals surface area contributed by atoms with E-state index in [0.717, 1.165) is 6.42 Å². The van der Waals surface area contributed by atoms with Crippen LogP contribution in [-0.2, 0) is 4.79 Å². The first-order valence-electron chi connectivity index (χ1n) is 6.38. The van der Waals surface area contributed by atoms with Crippen molar-refractivity contribution >= 4 is 5.91 Å². The molecule has 1 rings (SSSR count). The van der Waals surface area contributed by atoms with Gasteiger partial charge in [0.15, 0.2) is 0 Å². The largest absolute Gasteiger partial charge is 0.395 e. The van der Waals surface area contributed by atoms with Crippen molar-refractivity contribution < 1.29 is 15.0 Å². The lowest BCUT2D eigenvalue weighted by Crippen LogP contribution is -2.53. The molecule has 17 heavy (non-hydrogen) atoms. The van der Waals surface area contributed by atoms with Gasteiger partial charge in [-0.05, 0) is 13.3 Å². The van der Waals surface area contributed by atoms with Crippen LogP contribution in [0.2, 0.25) is 0 Å². The van der Waals surface area contributed by atoms with Crippen LogP contribution in [0.25, 0.3) is 0 Å². The smallest absolute Gasteiger partial charge is 0.222 e. The monoisotopic (exact) mass is 244 g/mol. The zero-order valence-corrected chi connectivity index (χ0v) is 10.7. The Hall–Kier alpha value is -0.650. The first-order valence-corrected chi connectivity index (χ1v) is 6.38. The van der Waals surface area contributed by atoms with E-state index in [1.807, 2.05) is 11.8 Å². The molecule has 0 saturated carbocycles. The molecule has 3 N–H and O–H groups in total. The third-order valence-corrected chi connectivity index (χ3v) is 3.37. The molecule has 5 heteroatoms. The van der Waals surface area contributed by atoms with Gasteiger partial charge in [0.1, 0.15) is 0 Å². The molecule has 100 valence electrons. The van der Waals surface area contributed by atoms with E-state index in [1.165, 1.54) is 0 Å². The summed E-state index contributed by atoms with van der Waals surface area (Å²) in [7, 11) is 0. The average Bonchev–Trinajstić information content (AvgIpc) is 2.34. The fourth-order valence-electron chi connectivity index (χ4n) is 2.33. The Morgan fingerprint density at radius 2 is 2.24 bits per heavy atom. The minimum absolute atomic E-state index is 0.0948. The van der Waals surface area contributed by atoms with E-state index in [2.05, 4.69) is 5.32 Å². The second-order valence-electron chi connectivity index (χ2n) is 4.76. The highest BCUT2D eigenvalue weighted by atomic mass is 16.3. The molecular formula is C12H24N2O3. The van der Waals surface area contributed by atoms with Gasteiger partial charge in [0, 0.05) is 38.0 Å². The number of hydrogen-bond donors (Lipinski definition) is 3. The van der Waals surface area contributed by atoms with Crippen molar-refractivity contribution in [3.63, 3.8) is 0 Å². The molecule has 3 unspecified atom stereocenters. The summed E-state index contributed by atoms with van der Waals surface area (Å²) in [5.74, 6) is 0.251. The van der Waals surface area contributed by atoms with Crippen molar-refractivity contribution in [2.24, 2.45) is 5.92 Å². The predicted molar refractivity (Wildman–Crippen MR) is 65.5 cm³/mol. The standard InChI is InChI=1S/C12H24N2O3/c1-3-12(17)14-7-10(9(2)16)6-11(8-14)13-4-5-15/h9-11,13,15-16H,3-8H2,1-2H3. The Kier molecular flexibility index (Phi) is 5.88. The summed E-state index contributed by atoms with van der Waals surface area (Å²) in [6.07, 6.45) is 0.950. The molecule has 0 bridgehead atoms. The highest BCUT2D eigenvalue weighted by Gasteiger charge is 2.31. The molecule has 1 heterocycles. The molecule has 0 aromatic heterocycles. The molecule has 1 fully saturated rings. The fourth-order valence-corrected chi connectivity index (χ4v) is 2.33. The molecule has 0 radical (unpaired) electrons. The molecule has 1 aliphatic heterocycles. The molecular weight excluding hydrogens is 220 g/mol. The molecule has 0 aromatic rings. The molecule has 1 saturated heterocycles. The summed E-state index contributed by atoms with van der Waals surface area (Å²) in [4.78, 5) is 13.5. The van der Waals surface area contributed by atoms with Crippen LogP contribution < -0.4 is 5.32 Å². The van der Waals surface area contributed by atoms with E-state index in [0.29, 0.717) is 26.1 Å². The van der Waals surface area contributed by atoms with Crippen LogP contribution >= 0.6 is 0 Å². The van der Waals surface area contributed by atoms with Crippen LogP contribution in [-0.4, -0.2) is 59.4 Å². The maximum atomic E-state index is 11.7. The van der Waals surface area contributed by atoms with E-state index < -0.39 is 6.10 Å². The van der Waals surface area contributed by atoms with E-state index in [-0.39, 0.29) is 24.5 Å². The minimum Gasteiger partial charge on any atom is -0.395 e. The minimum atomic E-state index is -0.402. The molecule has 1 aliphatic rings. The maximum absolute atomic E-state index is 11.7. The molecule has 1 amide bonds. The number of carbonyl (C=O) groups excluding carboxylic acids is 1. The number of aliphatic hydroxyl groups excluding tert-OH is 2. The summed E-state index contributed by atoms with van der Waals surface area (Å²) in [5.41, 5.74) is 0. The second kappa shape index (κ2) is 6.93. The van der Waals surface area contributed by atoms with Gasteiger partial charge in [0.2, 0.25) is 5.91 Å². The van der Waals surface area contributed by atoms with Gasteiger partial charge in [-0.25, -0.2) is 0 Å². The van der Waals surface area contributed by atoms with Gasteiger partial charge in [0.05, 0.1) is 12.7 Å². The molecule has 0 spiro atoms. The van der Waals surface area contributed by atoms with E-state index >= 15 is 0 Å². The number of amides is 1. The third-order valence-electron chi connectivity index (χ3n) is 3.37. The summed E-state index contributed by atoms with van der Waals surface area (Å²) in [6.45, 7) is 5.57. The van der Waals surface area contributed by atoms with Crippen LogP contribution in [0, 0.1) is 5.92 Å². The average molecular weight is 244 g/mol. The van der Waals surface area contributed by atoms with Crippen LogP contribution in [0.15, 0.2) is 0 Å². The Labute approximate surface area is 103 Å². The van der Waals surface area contributed by atoms with Gasteiger partial charge in [-0.1, -0.05) is 6.92 Å². The maximum Gasteiger partial charge on any atom is 0.222 e. The lowest BCUT2D eigenvalue weighted by atomic mass is 9.90. The SMILES string of the molecule is CCC(=O)N1CC(NCCO)CC(C(C)O)C1. The highest BCUT2D eigenvalue weighted by molar-refractivity contribution is 5.76. The van der Waals surface area contributed by atoms with E-state index in [9.17, 15) is 9.90 Å². The van der Waals surface area contributed by atoms with Gasteiger partial charge < -0.3 is 20.4 Å². The lowest BCUT2D eigenvalue weighted by Gasteiger charge is -2.39. The number of aliphatic hydroxyl groups is 2. The Morgan fingerprint density at radius 1 is 1.53 bits per heavy atom. The first-order chi connectivity index (χ1) is 8.08. The number of likely N-dealkylation sites (tertiary alicyclic amines) is 1. The fraction of sp³-hybridized carbons (Fsp3) is 0.917. The Morgan fingerprint density at radius 3 is 2.76 bits per heavy atom. The van der Waals surface area contributed by atoms with Crippen LogP contribution in [0.3, 0.4) is 0 Å². The molecule has 5 nitrogen and oxygen atoms in total. The zero-order valence-electron chi connectivity index (χ0n) is 10.7. The highest BCUT2D eigenvalue weighted by Crippen LogP contribution is 2.20. The Balaban J connectivity index is 2.59. The number of piperidine rings is 1. The van der Waals surface area contributed by atoms with E-state index in [4.69, 9.17) is 5.11 Å². The van der Waals surface area contributed by atoms with Crippen molar-refractivity contribution in [1.82, 2.24) is 10.2 Å². The number of rotatable bonds is 5. The van der Waals surface area contributed by atoms with Crippen molar-refractivity contribution in [1.29, 1.82) is 0 Å². The number of nitrogens with one attached hydrogen (secondary N) is 1. The number of hydrogen-bond acceptors (Lipinski definition) is 4. The molecule has 3 atom stereocenters. The molecule has 0 aromatic carbocycles. The van der Waals surface area contributed by atoms with Gasteiger partial charge in [0.25, 0.3) is 0 Å². The first kappa shape index (κ1) is 14.4. The van der Waals surface area contributed by atoms with Crippen LogP contribution in [0.4, 0.5) is 0 Å². The summed E-state index contributed by atoms with van der Waals surface area (Å²) in [6, 6.07) is 0.172. The lowest BCUT2D eigenvalue weighted by molar-refractivity contribution is -0.134. The van der Waals surface area contributed by atoms with Crippen molar-refractivity contribution in [2.45, 2.75) is 38.8 Å². The van der Waals surface area contributed by atoms with Crippen molar-refractivity contribution in [3.8, 4) is 0 Å². The van der Waals surface area contributed by atoms with Gasteiger partial charge in [-0.3, -0.25) is 4.79 Å².